The van der Waals surface area contributed by atoms with Crippen molar-refractivity contribution in [3.63, 3.8) is 0 Å². The van der Waals surface area contributed by atoms with E-state index in [4.69, 9.17) is 4.74 Å². The third kappa shape index (κ3) is 3.06. The van der Waals surface area contributed by atoms with Gasteiger partial charge in [0.2, 0.25) is 0 Å². The van der Waals surface area contributed by atoms with Gasteiger partial charge in [0.1, 0.15) is 5.75 Å². The molecule has 1 aromatic rings. The lowest BCUT2D eigenvalue weighted by atomic mass is 9.93. The molecule has 108 valence electrons. The van der Waals surface area contributed by atoms with E-state index in [0.717, 1.165) is 17.6 Å². The summed E-state index contributed by atoms with van der Waals surface area (Å²) < 4.78 is 5.67. The molecule has 1 aromatic carbocycles. The Morgan fingerprint density at radius 2 is 2.00 bits per heavy atom. The van der Waals surface area contributed by atoms with Crippen LogP contribution in [0.1, 0.15) is 38.7 Å². The minimum absolute atomic E-state index is 0.235. The van der Waals surface area contributed by atoms with Crippen LogP contribution in [0.4, 0.5) is 0 Å². The highest BCUT2D eigenvalue weighted by Gasteiger charge is 2.37. The van der Waals surface area contributed by atoms with E-state index in [1.165, 1.54) is 31.4 Å². The Bertz CT molecular complexity index is 463. The fourth-order valence-corrected chi connectivity index (χ4v) is 3.59. The van der Waals surface area contributed by atoms with E-state index in [9.17, 15) is 0 Å². The van der Waals surface area contributed by atoms with Crippen LogP contribution in [-0.2, 0) is 0 Å². The largest absolute Gasteiger partial charge is 0.491 e. The van der Waals surface area contributed by atoms with Crippen molar-refractivity contribution in [3.8, 4) is 5.75 Å². The molecular formula is C18H25NO. The Morgan fingerprint density at radius 3 is 2.75 bits per heavy atom. The predicted molar refractivity (Wildman–Crippen MR) is 83.9 cm³/mol. The van der Waals surface area contributed by atoms with Gasteiger partial charge < -0.3 is 10.1 Å². The summed E-state index contributed by atoms with van der Waals surface area (Å²) in [4.78, 5) is 0. The zero-order valence-corrected chi connectivity index (χ0v) is 12.5. The van der Waals surface area contributed by atoms with Crippen LogP contribution < -0.4 is 10.1 Å². The summed E-state index contributed by atoms with van der Waals surface area (Å²) in [7, 11) is 0. The first-order valence-corrected chi connectivity index (χ1v) is 7.90. The minimum Gasteiger partial charge on any atom is -0.491 e. The second-order valence-corrected chi connectivity index (χ2v) is 6.38. The normalized spacial score (nSPS) is 29.2. The van der Waals surface area contributed by atoms with Crippen LogP contribution >= 0.6 is 0 Å². The Labute approximate surface area is 122 Å². The maximum atomic E-state index is 5.67. The Kier molecular flexibility index (Phi) is 4.11. The monoisotopic (exact) mass is 271 g/mol. The average molecular weight is 271 g/mol. The molecule has 3 rings (SSSR count). The van der Waals surface area contributed by atoms with Crippen molar-refractivity contribution in [1.82, 2.24) is 5.32 Å². The van der Waals surface area contributed by atoms with Gasteiger partial charge in [-0.05, 0) is 62.8 Å². The molecule has 1 aliphatic heterocycles. The smallest absolute Gasteiger partial charge is 0.119 e. The van der Waals surface area contributed by atoms with Gasteiger partial charge in [-0.3, -0.25) is 0 Å². The molecule has 20 heavy (non-hydrogen) atoms. The van der Waals surface area contributed by atoms with Crippen LogP contribution in [0, 0.1) is 11.8 Å². The number of hydrogen-bond acceptors (Lipinski definition) is 2. The molecule has 0 radical (unpaired) electrons. The van der Waals surface area contributed by atoms with Crippen LogP contribution in [0.25, 0.3) is 6.08 Å². The molecule has 2 nitrogen and oxygen atoms in total. The van der Waals surface area contributed by atoms with E-state index in [2.05, 4.69) is 55.6 Å². The standard InChI is InChI=1S/C18H25NO/c1-13(2)20-16-9-6-14(7-10-16)8-11-18-17-5-3-4-15(17)12-19-18/h6-11,13,15,17-19H,3-5,12H2,1-2H3/b11-8+. The first-order valence-electron chi connectivity index (χ1n) is 7.90. The highest BCUT2D eigenvalue weighted by molar-refractivity contribution is 5.51. The summed E-state index contributed by atoms with van der Waals surface area (Å²) >= 11 is 0. The molecule has 1 saturated carbocycles. The van der Waals surface area contributed by atoms with Crippen molar-refractivity contribution in [2.45, 2.75) is 45.3 Å². The van der Waals surface area contributed by atoms with Crippen molar-refractivity contribution in [2.24, 2.45) is 11.8 Å². The number of nitrogens with one attached hydrogen (secondary N) is 1. The van der Waals surface area contributed by atoms with Gasteiger partial charge in [-0.15, -0.1) is 0 Å². The summed E-state index contributed by atoms with van der Waals surface area (Å²) in [6.45, 7) is 5.32. The number of fused-ring (bicyclic) bond motifs is 1. The van der Waals surface area contributed by atoms with Crippen molar-refractivity contribution in [2.75, 3.05) is 6.54 Å². The Hall–Kier alpha value is -1.28. The molecule has 2 fully saturated rings. The molecule has 1 N–H and O–H groups in total. The van der Waals surface area contributed by atoms with Crippen LogP contribution in [0.3, 0.4) is 0 Å². The number of hydrogen-bond donors (Lipinski definition) is 1. The molecule has 0 spiro atoms. The summed E-state index contributed by atoms with van der Waals surface area (Å²) in [5.41, 5.74) is 1.25. The fourth-order valence-electron chi connectivity index (χ4n) is 3.59. The second kappa shape index (κ2) is 6.01. The minimum atomic E-state index is 0.235. The van der Waals surface area contributed by atoms with Gasteiger partial charge >= 0.3 is 0 Å². The molecule has 1 saturated heterocycles. The zero-order chi connectivity index (χ0) is 13.9. The van der Waals surface area contributed by atoms with Gasteiger partial charge in [0.25, 0.3) is 0 Å². The van der Waals surface area contributed by atoms with E-state index in [-0.39, 0.29) is 6.10 Å². The second-order valence-electron chi connectivity index (χ2n) is 6.38. The topological polar surface area (TPSA) is 21.3 Å². The van der Waals surface area contributed by atoms with Gasteiger partial charge in [-0.25, -0.2) is 0 Å². The number of ether oxygens (including phenoxy) is 1. The molecular weight excluding hydrogens is 246 g/mol. The van der Waals surface area contributed by atoms with Crippen molar-refractivity contribution >= 4 is 6.08 Å². The van der Waals surface area contributed by atoms with Crippen LogP contribution in [0.5, 0.6) is 5.75 Å². The van der Waals surface area contributed by atoms with Gasteiger partial charge in [0.05, 0.1) is 6.10 Å². The van der Waals surface area contributed by atoms with Crippen LogP contribution in [-0.4, -0.2) is 18.7 Å². The quantitative estimate of drug-likeness (QED) is 0.897. The fraction of sp³-hybridized carbons (Fsp3) is 0.556. The van der Waals surface area contributed by atoms with Crippen LogP contribution in [0.15, 0.2) is 30.3 Å². The summed E-state index contributed by atoms with van der Waals surface area (Å²) in [6, 6.07) is 8.96. The molecule has 0 amide bonds. The molecule has 3 unspecified atom stereocenters. The first kappa shape index (κ1) is 13.7. The van der Waals surface area contributed by atoms with E-state index >= 15 is 0 Å². The Morgan fingerprint density at radius 1 is 1.20 bits per heavy atom. The maximum absolute atomic E-state index is 5.67. The SMILES string of the molecule is CC(C)Oc1ccc(/C=C/C2NCC3CCCC32)cc1. The first-order chi connectivity index (χ1) is 9.72. The highest BCUT2D eigenvalue weighted by atomic mass is 16.5. The van der Waals surface area contributed by atoms with E-state index < -0.39 is 0 Å². The van der Waals surface area contributed by atoms with E-state index in [1.54, 1.807) is 0 Å². The molecule has 1 aliphatic carbocycles. The third-order valence-corrected chi connectivity index (χ3v) is 4.54. The highest BCUT2D eigenvalue weighted by Crippen LogP contribution is 2.38. The van der Waals surface area contributed by atoms with Gasteiger partial charge in [-0.2, -0.15) is 0 Å². The lowest BCUT2D eigenvalue weighted by Gasteiger charge is -2.13. The molecule has 3 atom stereocenters. The molecule has 0 bridgehead atoms. The van der Waals surface area contributed by atoms with Crippen LogP contribution in [0.2, 0.25) is 0 Å². The zero-order valence-electron chi connectivity index (χ0n) is 12.5. The number of rotatable bonds is 4. The van der Waals surface area contributed by atoms with Gasteiger partial charge in [-0.1, -0.05) is 30.7 Å². The molecule has 2 aliphatic rings. The molecule has 1 heterocycles. The van der Waals surface area contributed by atoms with E-state index in [0.29, 0.717) is 6.04 Å². The summed E-state index contributed by atoms with van der Waals surface area (Å²) in [6.07, 6.45) is 9.07. The van der Waals surface area contributed by atoms with Crippen molar-refractivity contribution in [1.29, 1.82) is 0 Å². The third-order valence-electron chi connectivity index (χ3n) is 4.54. The lowest BCUT2D eigenvalue weighted by Crippen LogP contribution is -2.23. The van der Waals surface area contributed by atoms with Crippen molar-refractivity contribution in [3.05, 3.63) is 35.9 Å². The summed E-state index contributed by atoms with van der Waals surface area (Å²) in [5.74, 6) is 2.74. The molecule has 2 heteroatoms. The summed E-state index contributed by atoms with van der Waals surface area (Å²) in [5, 5.41) is 3.65. The average Bonchev–Trinajstić information content (AvgIpc) is 3.01. The predicted octanol–water partition coefficient (Wildman–Crippen LogP) is 3.88. The lowest BCUT2D eigenvalue weighted by molar-refractivity contribution is 0.242. The van der Waals surface area contributed by atoms with Gasteiger partial charge in [0, 0.05) is 6.04 Å². The number of benzene rings is 1. The Balaban J connectivity index is 1.61. The van der Waals surface area contributed by atoms with Gasteiger partial charge in [0.15, 0.2) is 0 Å². The molecule has 0 aromatic heterocycles. The maximum Gasteiger partial charge on any atom is 0.119 e. The van der Waals surface area contributed by atoms with Crippen molar-refractivity contribution < 1.29 is 4.74 Å². The van der Waals surface area contributed by atoms with E-state index in [1.807, 2.05) is 0 Å².